The largest absolute Gasteiger partial charge is 0.476 e. The third-order valence-electron chi connectivity index (χ3n) is 3.66. The molecule has 0 aliphatic heterocycles. The topological polar surface area (TPSA) is 101 Å². The number of aryl methyl sites for hydroxylation is 1. The van der Waals surface area contributed by atoms with Crippen LogP contribution in [0.4, 0.5) is 10.9 Å². The molecule has 7 nitrogen and oxygen atoms in total. The molecule has 0 aliphatic carbocycles. The van der Waals surface area contributed by atoms with Crippen LogP contribution in [0, 0.1) is 6.92 Å². The van der Waals surface area contributed by atoms with Gasteiger partial charge in [0.2, 0.25) is 0 Å². The molecule has 0 saturated carbocycles. The number of hydrogen-bond donors (Lipinski definition) is 2. The van der Waals surface area contributed by atoms with Gasteiger partial charge in [0.05, 0.1) is 20.9 Å². The Labute approximate surface area is 156 Å². The van der Waals surface area contributed by atoms with E-state index in [-0.39, 0.29) is 5.69 Å². The van der Waals surface area contributed by atoms with Crippen molar-refractivity contribution in [1.82, 2.24) is 20.2 Å². The number of benzene rings is 1. The van der Waals surface area contributed by atoms with Crippen LogP contribution in [0.3, 0.4) is 0 Å². The maximum absolute atomic E-state index is 10.9. The van der Waals surface area contributed by atoms with Crippen LogP contribution in [0.15, 0.2) is 35.7 Å². The Hall–Kier alpha value is -2.91. The molecule has 0 saturated heterocycles. The lowest BCUT2D eigenvalue weighted by Crippen LogP contribution is -2.02. The number of aromatic nitrogens is 4. The number of anilines is 2. The van der Waals surface area contributed by atoms with E-state index in [2.05, 4.69) is 25.5 Å². The standard InChI is InChI=1S/C17H13N5O2S2/c1-9-6-10(7-14-18-12(8-25-14)16(23)24)21-22-15(9)20-17-19-11-4-2-3-5-13(11)26-17/h2-6,8H,7H2,1H3,(H,23,24)(H,19,20,22). The highest BCUT2D eigenvalue weighted by Gasteiger charge is 2.12. The Morgan fingerprint density at radius 3 is 2.81 bits per heavy atom. The Kier molecular flexibility index (Phi) is 4.31. The highest BCUT2D eigenvalue weighted by molar-refractivity contribution is 7.22. The number of carbonyl (C=O) groups is 1. The van der Waals surface area contributed by atoms with Gasteiger partial charge in [-0.15, -0.1) is 16.4 Å². The van der Waals surface area contributed by atoms with Gasteiger partial charge in [0.1, 0.15) is 0 Å². The summed E-state index contributed by atoms with van der Waals surface area (Å²) < 4.78 is 1.11. The fourth-order valence-corrected chi connectivity index (χ4v) is 4.07. The average molecular weight is 383 g/mol. The second kappa shape index (κ2) is 6.77. The van der Waals surface area contributed by atoms with Gasteiger partial charge in [0, 0.05) is 11.8 Å². The predicted molar refractivity (Wildman–Crippen MR) is 102 cm³/mol. The van der Waals surface area contributed by atoms with Crippen LogP contribution in [0.2, 0.25) is 0 Å². The van der Waals surface area contributed by atoms with Gasteiger partial charge in [-0.2, -0.15) is 5.10 Å². The first-order valence-electron chi connectivity index (χ1n) is 7.72. The van der Waals surface area contributed by atoms with Crippen molar-refractivity contribution in [2.45, 2.75) is 13.3 Å². The number of nitrogens with one attached hydrogen (secondary N) is 1. The fraction of sp³-hybridized carbons (Fsp3) is 0.118. The second-order valence-electron chi connectivity index (χ2n) is 5.59. The molecule has 26 heavy (non-hydrogen) atoms. The zero-order chi connectivity index (χ0) is 18.1. The number of thiazole rings is 2. The van der Waals surface area contributed by atoms with Crippen molar-refractivity contribution >= 4 is 49.8 Å². The zero-order valence-electron chi connectivity index (χ0n) is 13.6. The molecule has 0 aliphatic rings. The average Bonchev–Trinajstić information content (AvgIpc) is 3.23. The minimum absolute atomic E-state index is 0.0591. The molecule has 0 fully saturated rings. The number of aromatic carboxylic acids is 1. The van der Waals surface area contributed by atoms with E-state index in [0.29, 0.717) is 17.2 Å². The predicted octanol–water partition coefficient (Wildman–Crippen LogP) is 3.88. The lowest BCUT2D eigenvalue weighted by molar-refractivity contribution is 0.0691. The second-order valence-corrected chi connectivity index (χ2v) is 7.56. The molecule has 1 aromatic carbocycles. The molecule has 4 rings (SSSR count). The summed E-state index contributed by atoms with van der Waals surface area (Å²) in [6.45, 7) is 1.94. The number of rotatable bonds is 5. The summed E-state index contributed by atoms with van der Waals surface area (Å²) in [6, 6.07) is 9.86. The van der Waals surface area contributed by atoms with E-state index in [1.807, 2.05) is 37.3 Å². The molecule has 0 amide bonds. The first kappa shape index (κ1) is 16.6. The van der Waals surface area contributed by atoms with Gasteiger partial charge in [-0.25, -0.2) is 14.8 Å². The lowest BCUT2D eigenvalue weighted by atomic mass is 10.2. The fourth-order valence-electron chi connectivity index (χ4n) is 2.42. The number of carboxylic acid groups (broad SMARTS) is 1. The van der Waals surface area contributed by atoms with E-state index >= 15 is 0 Å². The third kappa shape index (κ3) is 3.39. The van der Waals surface area contributed by atoms with Crippen LogP contribution >= 0.6 is 22.7 Å². The molecule has 0 bridgehead atoms. The first-order chi connectivity index (χ1) is 12.6. The summed E-state index contributed by atoms with van der Waals surface area (Å²) in [4.78, 5) is 19.5. The van der Waals surface area contributed by atoms with Crippen LogP contribution in [0.1, 0.15) is 26.8 Å². The number of fused-ring (bicyclic) bond motifs is 1. The normalized spacial score (nSPS) is 11.0. The molecular weight excluding hydrogens is 370 g/mol. The molecule has 9 heteroatoms. The van der Waals surface area contributed by atoms with Crippen LogP contribution in [-0.2, 0) is 6.42 Å². The number of para-hydroxylation sites is 1. The van der Waals surface area contributed by atoms with Gasteiger partial charge in [0.25, 0.3) is 0 Å². The van der Waals surface area contributed by atoms with Gasteiger partial charge >= 0.3 is 5.97 Å². The van der Waals surface area contributed by atoms with Crippen LogP contribution in [0.5, 0.6) is 0 Å². The maximum atomic E-state index is 10.9. The molecule has 0 radical (unpaired) electrons. The molecule has 2 N–H and O–H groups in total. The van der Waals surface area contributed by atoms with E-state index in [1.54, 1.807) is 11.3 Å². The SMILES string of the molecule is Cc1cc(Cc2nc(C(=O)O)cs2)nnc1Nc1nc2ccccc2s1. The van der Waals surface area contributed by atoms with Crippen LogP contribution in [0.25, 0.3) is 10.2 Å². The minimum Gasteiger partial charge on any atom is -0.476 e. The summed E-state index contributed by atoms with van der Waals surface area (Å²) in [5.74, 6) is -0.372. The Morgan fingerprint density at radius 1 is 1.23 bits per heavy atom. The number of nitrogens with zero attached hydrogens (tertiary/aromatic N) is 4. The molecule has 0 spiro atoms. The summed E-state index contributed by atoms with van der Waals surface area (Å²) >= 11 is 2.86. The molecule has 4 aromatic rings. The molecular formula is C17H13N5O2S2. The quantitative estimate of drug-likeness (QED) is 0.539. The monoisotopic (exact) mass is 383 g/mol. The van der Waals surface area contributed by atoms with Crippen molar-refractivity contribution in [2.24, 2.45) is 0 Å². The summed E-state index contributed by atoms with van der Waals surface area (Å²) in [6.07, 6.45) is 0.452. The summed E-state index contributed by atoms with van der Waals surface area (Å²) in [5.41, 5.74) is 2.68. The van der Waals surface area contributed by atoms with E-state index in [0.717, 1.165) is 26.6 Å². The Morgan fingerprint density at radius 2 is 2.08 bits per heavy atom. The lowest BCUT2D eigenvalue weighted by Gasteiger charge is -2.06. The minimum atomic E-state index is -1.02. The van der Waals surface area contributed by atoms with E-state index in [4.69, 9.17) is 5.11 Å². The van der Waals surface area contributed by atoms with Gasteiger partial charge in [-0.1, -0.05) is 23.5 Å². The number of hydrogen-bond acceptors (Lipinski definition) is 8. The molecule has 0 unspecified atom stereocenters. The molecule has 130 valence electrons. The third-order valence-corrected chi connectivity index (χ3v) is 5.46. The van der Waals surface area contributed by atoms with Crippen molar-refractivity contribution in [3.63, 3.8) is 0 Å². The summed E-state index contributed by atoms with van der Waals surface area (Å²) in [5, 5.41) is 23.6. The van der Waals surface area contributed by atoms with Crippen LogP contribution < -0.4 is 5.32 Å². The van der Waals surface area contributed by atoms with Crippen molar-refractivity contribution in [3.05, 3.63) is 57.7 Å². The van der Waals surface area contributed by atoms with Crippen molar-refractivity contribution in [1.29, 1.82) is 0 Å². The highest BCUT2D eigenvalue weighted by Crippen LogP contribution is 2.28. The Balaban J connectivity index is 1.52. The molecule has 0 atom stereocenters. The number of carboxylic acids is 1. The molecule has 3 aromatic heterocycles. The van der Waals surface area contributed by atoms with E-state index in [1.165, 1.54) is 16.7 Å². The first-order valence-corrected chi connectivity index (χ1v) is 9.41. The van der Waals surface area contributed by atoms with Crippen LogP contribution in [-0.4, -0.2) is 31.2 Å². The maximum Gasteiger partial charge on any atom is 0.355 e. The van der Waals surface area contributed by atoms with Crippen molar-refractivity contribution in [2.75, 3.05) is 5.32 Å². The van der Waals surface area contributed by atoms with Gasteiger partial charge in [-0.05, 0) is 30.7 Å². The zero-order valence-corrected chi connectivity index (χ0v) is 15.3. The Bertz CT molecular complexity index is 1070. The van der Waals surface area contributed by atoms with Gasteiger partial charge < -0.3 is 10.4 Å². The van der Waals surface area contributed by atoms with Gasteiger partial charge in [0.15, 0.2) is 16.6 Å². The summed E-state index contributed by atoms with van der Waals surface area (Å²) in [7, 11) is 0. The smallest absolute Gasteiger partial charge is 0.355 e. The van der Waals surface area contributed by atoms with E-state index < -0.39 is 5.97 Å². The molecule has 3 heterocycles. The highest BCUT2D eigenvalue weighted by atomic mass is 32.1. The van der Waals surface area contributed by atoms with Crippen molar-refractivity contribution < 1.29 is 9.90 Å². The van der Waals surface area contributed by atoms with Crippen molar-refractivity contribution in [3.8, 4) is 0 Å². The van der Waals surface area contributed by atoms with Gasteiger partial charge in [-0.3, -0.25) is 0 Å². The van der Waals surface area contributed by atoms with E-state index in [9.17, 15) is 4.79 Å².